The summed E-state index contributed by atoms with van der Waals surface area (Å²) in [6.07, 6.45) is 4.52. The van der Waals surface area contributed by atoms with Crippen molar-refractivity contribution >= 4 is 33.0 Å². The van der Waals surface area contributed by atoms with Crippen LogP contribution in [0.1, 0.15) is 75.7 Å². The van der Waals surface area contributed by atoms with Gasteiger partial charge in [-0.3, -0.25) is 4.79 Å². The molecule has 0 radical (unpaired) electrons. The van der Waals surface area contributed by atoms with E-state index in [9.17, 15) is 4.79 Å². The minimum Gasteiger partial charge on any atom is -0.466 e. The van der Waals surface area contributed by atoms with Crippen molar-refractivity contribution in [2.24, 2.45) is 17.8 Å². The Kier molecular flexibility index (Phi) is 13.9. The van der Waals surface area contributed by atoms with Crippen molar-refractivity contribution < 1.29 is 27.9 Å². The predicted octanol–water partition coefficient (Wildman–Crippen LogP) is 8.11. The zero-order valence-electron chi connectivity index (χ0n) is 31.2. The largest absolute Gasteiger partial charge is 0.466 e. The van der Waals surface area contributed by atoms with Gasteiger partial charge in [0, 0.05) is 18.9 Å². The Bertz CT molecular complexity index is 1230. The molecule has 47 heavy (non-hydrogen) atoms. The fraction of sp³-hybridized carbons (Fsp3) is 0.615. The average Bonchev–Trinajstić information content (AvgIpc) is 3.02. The number of esters is 1. The zero-order chi connectivity index (χ0) is 35.0. The number of ether oxygens (including phenoxy) is 3. The smallest absolute Gasteiger partial charge is 0.311 e. The van der Waals surface area contributed by atoms with Crippen molar-refractivity contribution in [2.45, 2.75) is 117 Å². The second kappa shape index (κ2) is 16.6. The third-order valence-electron chi connectivity index (χ3n) is 10.2. The summed E-state index contributed by atoms with van der Waals surface area (Å²) in [7, 11) is -4.83. The van der Waals surface area contributed by atoms with E-state index in [1.165, 1.54) is 10.4 Å². The first-order valence-electron chi connectivity index (χ1n) is 17.5. The molecule has 0 amide bonds. The maximum absolute atomic E-state index is 12.4. The van der Waals surface area contributed by atoms with Gasteiger partial charge in [0.1, 0.15) is 6.79 Å². The molecule has 3 rings (SSSR count). The molecule has 0 aromatic heterocycles. The number of hydrogen-bond acceptors (Lipinski definition) is 6. The lowest BCUT2D eigenvalue weighted by molar-refractivity contribution is -0.186. The summed E-state index contributed by atoms with van der Waals surface area (Å²) in [5, 5.41) is 2.52. The summed E-state index contributed by atoms with van der Waals surface area (Å²) >= 11 is 0. The predicted molar refractivity (Wildman–Crippen MR) is 198 cm³/mol. The van der Waals surface area contributed by atoms with Crippen molar-refractivity contribution in [3.8, 4) is 0 Å². The zero-order valence-corrected chi connectivity index (χ0v) is 33.2. The highest BCUT2D eigenvalue weighted by atomic mass is 28.4. The summed E-state index contributed by atoms with van der Waals surface area (Å²) in [4.78, 5) is 12.4. The molecule has 1 aliphatic rings. The number of carbonyl (C=O) groups is 1. The fourth-order valence-electron chi connectivity index (χ4n) is 6.27. The molecule has 6 nitrogen and oxygen atoms in total. The summed E-state index contributed by atoms with van der Waals surface area (Å²) in [5.74, 6) is -0.347. The first-order valence-corrected chi connectivity index (χ1v) is 22.3. The average molecular weight is 683 g/mol. The van der Waals surface area contributed by atoms with Crippen molar-refractivity contribution in [2.75, 3.05) is 20.0 Å². The van der Waals surface area contributed by atoms with E-state index in [0.29, 0.717) is 19.6 Å². The van der Waals surface area contributed by atoms with Crippen LogP contribution < -0.4 is 10.4 Å². The Balaban J connectivity index is 1.91. The normalized spacial score (nSPS) is 20.9. The maximum Gasteiger partial charge on any atom is 0.311 e. The van der Waals surface area contributed by atoms with E-state index in [1.807, 2.05) is 13.8 Å². The standard InChI is InChI=1S/C39H62O6Si2/c1-13-41-37(40)31(4)35-26-32(42-28-43-35)25-24-29(2)36(45-46(11,12)38(5,6)7)30(3)27-44-47(39(8,9)10,33-20-16-14-17-21-33)34-22-18-15-19-23-34/h14-25,29-32,35-36H,13,26-28H2,1-12H3/b25-24-/t29-,30-,31-,32+,35-,36-/m0/s1. The van der Waals surface area contributed by atoms with Crippen LogP contribution in [-0.4, -0.2) is 60.9 Å². The molecule has 8 heteroatoms. The molecule has 6 atom stereocenters. The molecule has 1 aliphatic heterocycles. The van der Waals surface area contributed by atoms with Crippen LogP contribution in [0.5, 0.6) is 0 Å². The number of hydrogen-bond donors (Lipinski definition) is 0. The van der Waals surface area contributed by atoms with Crippen LogP contribution in [-0.2, 0) is 27.9 Å². The lowest BCUT2D eigenvalue weighted by Gasteiger charge is -2.45. The maximum atomic E-state index is 12.4. The van der Waals surface area contributed by atoms with Gasteiger partial charge >= 0.3 is 5.97 Å². The van der Waals surface area contributed by atoms with Crippen molar-refractivity contribution in [1.29, 1.82) is 0 Å². The second-order valence-electron chi connectivity index (χ2n) is 15.8. The molecule has 1 fully saturated rings. The molecule has 0 spiro atoms. The number of carbonyl (C=O) groups excluding carboxylic acids is 1. The molecule has 2 aromatic rings. The van der Waals surface area contributed by atoms with Gasteiger partial charge in [-0.15, -0.1) is 0 Å². The van der Waals surface area contributed by atoms with Gasteiger partial charge in [-0.05, 0) is 53.3 Å². The first kappa shape index (κ1) is 39.4. The van der Waals surface area contributed by atoms with Gasteiger partial charge in [0.25, 0.3) is 8.32 Å². The van der Waals surface area contributed by atoms with E-state index < -0.39 is 16.6 Å². The SMILES string of the molecule is CCOC(=O)[C@@H](C)[C@@H]1C[C@@H](/C=C\[C@H](C)[C@H](O[Si](C)(C)C(C)(C)C)[C@@H](C)CO[Si](c2ccccc2)(c2ccccc2)C(C)(C)C)OCO1. The molecular formula is C39H62O6Si2. The topological polar surface area (TPSA) is 63.2 Å². The van der Waals surface area contributed by atoms with Crippen LogP contribution in [0.4, 0.5) is 0 Å². The Morgan fingerprint density at radius 1 is 0.894 bits per heavy atom. The van der Waals surface area contributed by atoms with Crippen molar-refractivity contribution in [3.63, 3.8) is 0 Å². The Morgan fingerprint density at radius 2 is 1.45 bits per heavy atom. The molecule has 0 saturated carbocycles. The van der Waals surface area contributed by atoms with Gasteiger partial charge in [-0.2, -0.15) is 0 Å². The highest BCUT2D eigenvalue weighted by molar-refractivity contribution is 6.99. The summed E-state index contributed by atoms with van der Waals surface area (Å²) in [6, 6.07) is 21.7. The van der Waals surface area contributed by atoms with Gasteiger partial charge in [0.15, 0.2) is 8.32 Å². The van der Waals surface area contributed by atoms with E-state index >= 15 is 0 Å². The monoisotopic (exact) mass is 682 g/mol. The Labute approximate surface area is 287 Å². The summed E-state index contributed by atoms with van der Waals surface area (Å²) < 4.78 is 31.7. The van der Waals surface area contributed by atoms with E-state index in [0.717, 1.165) is 0 Å². The Morgan fingerprint density at radius 3 is 1.94 bits per heavy atom. The van der Waals surface area contributed by atoms with Gasteiger partial charge in [-0.25, -0.2) is 0 Å². The quantitative estimate of drug-likeness (QED) is 0.114. The first-order chi connectivity index (χ1) is 21.9. The highest BCUT2D eigenvalue weighted by Gasteiger charge is 2.51. The molecular weight excluding hydrogens is 621 g/mol. The van der Waals surface area contributed by atoms with E-state index in [1.54, 1.807) is 0 Å². The van der Waals surface area contributed by atoms with E-state index in [-0.39, 0.29) is 58.9 Å². The number of benzene rings is 2. The molecule has 0 aliphatic carbocycles. The van der Waals surface area contributed by atoms with Crippen LogP contribution in [0.3, 0.4) is 0 Å². The molecule has 1 heterocycles. The third kappa shape index (κ3) is 9.76. The third-order valence-corrected chi connectivity index (χ3v) is 19.6. The highest BCUT2D eigenvalue weighted by Crippen LogP contribution is 2.41. The van der Waals surface area contributed by atoms with Crippen molar-refractivity contribution in [1.82, 2.24) is 0 Å². The summed E-state index contributed by atoms with van der Waals surface area (Å²) in [6.45, 7) is 27.8. The van der Waals surface area contributed by atoms with E-state index in [2.05, 4.69) is 141 Å². The van der Waals surface area contributed by atoms with E-state index in [4.69, 9.17) is 23.1 Å². The van der Waals surface area contributed by atoms with Crippen LogP contribution in [0.15, 0.2) is 72.8 Å². The van der Waals surface area contributed by atoms with Crippen LogP contribution >= 0.6 is 0 Å². The molecule has 0 N–H and O–H groups in total. The lowest BCUT2D eigenvalue weighted by atomic mass is 9.92. The van der Waals surface area contributed by atoms with Gasteiger partial charge < -0.3 is 23.1 Å². The molecule has 2 aromatic carbocycles. The van der Waals surface area contributed by atoms with Crippen LogP contribution in [0.25, 0.3) is 0 Å². The molecule has 262 valence electrons. The molecule has 1 saturated heterocycles. The van der Waals surface area contributed by atoms with Gasteiger partial charge in [0.05, 0.1) is 30.8 Å². The molecule has 0 unspecified atom stereocenters. The second-order valence-corrected chi connectivity index (χ2v) is 24.9. The fourth-order valence-corrected chi connectivity index (χ4v) is 12.4. The van der Waals surface area contributed by atoms with Crippen LogP contribution in [0.2, 0.25) is 23.2 Å². The number of rotatable bonds is 14. The van der Waals surface area contributed by atoms with Gasteiger partial charge in [-0.1, -0.05) is 128 Å². The minimum absolute atomic E-state index is 0.0561. The van der Waals surface area contributed by atoms with Crippen LogP contribution in [0, 0.1) is 17.8 Å². The van der Waals surface area contributed by atoms with Gasteiger partial charge in [0.2, 0.25) is 0 Å². The minimum atomic E-state index is -2.70. The molecule has 0 bridgehead atoms. The van der Waals surface area contributed by atoms with Crippen molar-refractivity contribution in [3.05, 3.63) is 72.8 Å². The summed E-state index contributed by atoms with van der Waals surface area (Å²) in [5.41, 5.74) is 0. The Hall–Kier alpha value is -2.08. The lowest BCUT2D eigenvalue weighted by Crippen LogP contribution is -2.67.